The average Bonchev–Trinajstić information content (AvgIpc) is 2.82. The highest BCUT2D eigenvalue weighted by molar-refractivity contribution is 7.15. The van der Waals surface area contributed by atoms with Crippen molar-refractivity contribution in [2.45, 2.75) is 13.0 Å². The molecule has 0 aliphatic rings. The summed E-state index contributed by atoms with van der Waals surface area (Å²) in [5.74, 6) is 0. The van der Waals surface area contributed by atoms with Gasteiger partial charge in [-0.05, 0) is 33.6 Å². The topological polar surface area (TPSA) is 20.2 Å². The third kappa shape index (κ3) is 3.93. The molecule has 0 bridgehead atoms. The van der Waals surface area contributed by atoms with E-state index < -0.39 is 14.2 Å². The molecule has 0 fully saturated rings. The smallest absolute Gasteiger partial charge is 0.172 e. The number of aliphatic hydroxyl groups excluding tert-OH is 1. The van der Waals surface area contributed by atoms with Crippen molar-refractivity contribution in [2.24, 2.45) is 0 Å². The molecule has 148 valence electrons. The minimum atomic E-state index is -2.43. The zero-order valence-corrected chi connectivity index (χ0v) is 18.1. The van der Waals surface area contributed by atoms with Crippen LogP contribution in [-0.2, 0) is 0 Å². The third-order valence-electron chi connectivity index (χ3n) is 5.65. The molecule has 0 saturated carbocycles. The summed E-state index contributed by atoms with van der Waals surface area (Å²) in [5, 5.41) is 14.3. The van der Waals surface area contributed by atoms with Crippen molar-refractivity contribution in [2.75, 3.05) is 0 Å². The minimum Gasteiger partial charge on any atom is -0.389 e. The van der Waals surface area contributed by atoms with Crippen LogP contribution in [0, 0.1) is 0 Å². The molecule has 4 rings (SSSR count). The van der Waals surface area contributed by atoms with Gasteiger partial charge in [0.25, 0.3) is 0 Å². The van der Waals surface area contributed by atoms with Crippen LogP contribution >= 0.6 is 0 Å². The molecule has 1 atom stereocenters. The van der Waals surface area contributed by atoms with Gasteiger partial charge in [0, 0.05) is 0 Å². The van der Waals surface area contributed by atoms with Crippen LogP contribution in [0.15, 0.2) is 121 Å². The van der Waals surface area contributed by atoms with E-state index in [0.29, 0.717) is 0 Å². The van der Waals surface area contributed by atoms with Gasteiger partial charge in [0.15, 0.2) is 8.07 Å². The Balaban J connectivity index is 1.99. The van der Waals surface area contributed by atoms with Crippen LogP contribution in [-0.4, -0.2) is 13.2 Å². The first kappa shape index (κ1) is 20.1. The second-order valence-electron chi connectivity index (χ2n) is 7.54. The van der Waals surface area contributed by atoms with E-state index in [1.165, 1.54) is 15.6 Å². The number of hydrogen-bond donors (Lipinski definition) is 1. The summed E-state index contributed by atoms with van der Waals surface area (Å²) in [6, 6.07) is 40.6. The first-order valence-corrected chi connectivity index (χ1v) is 12.4. The monoisotopic (exact) mass is 406 g/mol. The zero-order valence-electron chi connectivity index (χ0n) is 17.1. The van der Waals surface area contributed by atoms with E-state index in [1.807, 2.05) is 25.1 Å². The van der Waals surface area contributed by atoms with Gasteiger partial charge in [-0.15, -0.1) is 0 Å². The molecule has 0 aliphatic carbocycles. The van der Waals surface area contributed by atoms with Crippen molar-refractivity contribution in [1.29, 1.82) is 0 Å². The predicted molar refractivity (Wildman–Crippen MR) is 130 cm³/mol. The molecule has 1 N–H and O–H groups in total. The van der Waals surface area contributed by atoms with Crippen LogP contribution < -0.4 is 15.6 Å². The predicted octanol–water partition coefficient (Wildman–Crippen LogP) is 4.46. The number of hydrogen-bond acceptors (Lipinski definition) is 1. The lowest BCUT2D eigenvalue weighted by Gasteiger charge is -2.31. The fourth-order valence-electron chi connectivity index (χ4n) is 4.15. The molecule has 1 nitrogen and oxygen atoms in total. The molecule has 30 heavy (non-hydrogen) atoms. The molecule has 0 spiro atoms. The van der Waals surface area contributed by atoms with Crippen LogP contribution in [0.2, 0.25) is 0 Å². The first-order valence-electron chi connectivity index (χ1n) is 10.3. The molecule has 4 aromatic rings. The van der Waals surface area contributed by atoms with Gasteiger partial charge < -0.3 is 5.11 Å². The summed E-state index contributed by atoms with van der Waals surface area (Å²) < 4.78 is 0. The molecular weight excluding hydrogens is 380 g/mol. The summed E-state index contributed by atoms with van der Waals surface area (Å²) in [5.41, 5.74) is 4.42. The summed E-state index contributed by atoms with van der Waals surface area (Å²) in [6.45, 7) is 1.82. The van der Waals surface area contributed by atoms with E-state index in [4.69, 9.17) is 0 Å². The van der Waals surface area contributed by atoms with Crippen LogP contribution in [0.3, 0.4) is 0 Å². The Hall–Kier alpha value is -3.20. The lowest BCUT2D eigenvalue weighted by atomic mass is 10.0. The van der Waals surface area contributed by atoms with Crippen LogP contribution in [0.5, 0.6) is 0 Å². The largest absolute Gasteiger partial charge is 0.389 e. The van der Waals surface area contributed by atoms with Gasteiger partial charge >= 0.3 is 0 Å². The maximum absolute atomic E-state index is 10.3. The second kappa shape index (κ2) is 9.08. The standard InChI is InChI=1S/C28H26OSi/c1-23(29)28-20-12-11-13-24(28)21-22-30(25-14-5-2-6-15-25,26-16-7-3-8-17-26)27-18-9-4-10-19-27/h2-23,29H,1H3. The lowest BCUT2D eigenvalue weighted by Crippen LogP contribution is -2.66. The van der Waals surface area contributed by atoms with Crippen LogP contribution in [0.1, 0.15) is 24.2 Å². The Morgan fingerprint density at radius 3 is 1.43 bits per heavy atom. The normalized spacial score (nSPS) is 12.7. The molecule has 0 heterocycles. The maximum atomic E-state index is 10.3. The summed E-state index contributed by atoms with van der Waals surface area (Å²) >= 11 is 0. The van der Waals surface area contributed by atoms with E-state index in [0.717, 1.165) is 11.1 Å². The highest BCUT2D eigenvalue weighted by atomic mass is 28.3. The van der Waals surface area contributed by atoms with Gasteiger partial charge in [0.05, 0.1) is 6.10 Å². The molecular formula is C28H26OSi. The van der Waals surface area contributed by atoms with Gasteiger partial charge in [-0.25, -0.2) is 0 Å². The average molecular weight is 407 g/mol. The van der Waals surface area contributed by atoms with Gasteiger partial charge in [-0.2, -0.15) is 0 Å². The molecule has 1 unspecified atom stereocenters. The molecule has 0 aliphatic heterocycles. The van der Waals surface area contributed by atoms with Gasteiger partial charge in [0.1, 0.15) is 0 Å². The zero-order chi connectivity index (χ0) is 20.8. The van der Waals surface area contributed by atoms with E-state index in [-0.39, 0.29) is 0 Å². The number of benzene rings is 4. The van der Waals surface area contributed by atoms with Crippen LogP contribution in [0.25, 0.3) is 6.08 Å². The molecule has 0 amide bonds. The summed E-state index contributed by atoms with van der Waals surface area (Å²) in [4.78, 5) is 0. The summed E-state index contributed by atoms with van der Waals surface area (Å²) in [7, 11) is -2.43. The minimum absolute atomic E-state index is 0.507. The van der Waals surface area contributed by atoms with E-state index in [1.54, 1.807) is 0 Å². The lowest BCUT2D eigenvalue weighted by molar-refractivity contribution is 0.199. The SMILES string of the molecule is CC(O)c1ccccc1C=C[Si](c1ccccc1)(c1ccccc1)c1ccccc1. The Bertz CT molecular complexity index is 1010. The Morgan fingerprint density at radius 2 is 1.00 bits per heavy atom. The highest BCUT2D eigenvalue weighted by Gasteiger charge is 2.36. The molecule has 0 aromatic heterocycles. The molecule has 2 heteroatoms. The molecule has 0 saturated heterocycles. The number of rotatable bonds is 6. The Kier molecular flexibility index (Phi) is 6.08. The molecule has 0 radical (unpaired) electrons. The van der Waals surface area contributed by atoms with Crippen molar-refractivity contribution < 1.29 is 5.11 Å². The maximum Gasteiger partial charge on any atom is 0.172 e. The van der Waals surface area contributed by atoms with E-state index >= 15 is 0 Å². The van der Waals surface area contributed by atoms with Crippen molar-refractivity contribution >= 4 is 29.7 Å². The second-order valence-corrected chi connectivity index (χ2v) is 11.2. The van der Waals surface area contributed by atoms with Crippen molar-refractivity contribution in [1.82, 2.24) is 0 Å². The fourth-order valence-corrected chi connectivity index (χ4v) is 8.31. The van der Waals surface area contributed by atoms with Gasteiger partial charge in [0.2, 0.25) is 0 Å². The first-order chi connectivity index (χ1) is 14.7. The van der Waals surface area contributed by atoms with Crippen molar-refractivity contribution in [3.05, 3.63) is 132 Å². The van der Waals surface area contributed by atoms with Gasteiger partial charge in [-0.3, -0.25) is 0 Å². The quantitative estimate of drug-likeness (QED) is 0.370. The number of aliphatic hydroxyl groups is 1. The van der Waals surface area contributed by atoms with E-state index in [2.05, 4.69) is 109 Å². The Labute approximate surface area is 180 Å². The van der Waals surface area contributed by atoms with Crippen molar-refractivity contribution in [3.8, 4) is 0 Å². The Morgan fingerprint density at radius 1 is 0.600 bits per heavy atom. The van der Waals surface area contributed by atoms with E-state index in [9.17, 15) is 5.11 Å². The highest BCUT2D eigenvalue weighted by Crippen LogP contribution is 2.20. The van der Waals surface area contributed by atoms with Crippen LogP contribution in [0.4, 0.5) is 0 Å². The van der Waals surface area contributed by atoms with Gasteiger partial charge in [-0.1, -0.05) is 127 Å². The van der Waals surface area contributed by atoms with Crippen molar-refractivity contribution in [3.63, 3.8) is 0 Å². The molecule has 4 aromatic carbocycles. The third-order valence-corrected chi connectivity index (χ3v) is 10.0. The fraction of sp³-hybridized carbons (Fsp3) is 0.0714. The summed E-state index contributed by atoms with van der Waals surface area (Å²) in [6.07, 6.45) is 1.70.